The first-order valence-electron chi connectivity index (χ1n) is 2.83. The number of thiophene rings is 1. The monoisotopic (exact) mass is 150 g/mol. The van der Waals surface area contributed by atoms with Gasteiger partial charge in [-0.1, -0.05) is 0 Å². The molecule has 1 heterocycles. The Labute approximate surface area is 63.7 Å². The van der Waals surface area contributed by atoms with E-state index in [2.05, 4.69) is 5.92 Å². The first-order valence-corrected chi connectivity index (χ1v) is 3.77. The van der Waals surface area contributed by atoms with Crippen LogP contribution >= 0.6 is 11.3 Å². The van der Waals surface area contributed by atoms with Crippen LogP contribution in [0.4, 0.5) is 0 Å². The van der Waals surface area contributed by atoms with Gasteiger partial charge in [-0.15, -0.1) is 6.42 Å². The smallest absolute Gasteiger partial charge is 0.209 e. The van der Waals surface area contributed by atoms with E-state index in [0.29, 0.717) is 6.42 Å². The predicted octanol–water partition coefficient (Wildman–Crippen LogP) is 1.49. The summed E-state index contributed by atoms with van der Waals surface area (Å²) in [5.41, 5.74) is 1.01. The number of Topliss-reactive ketones (excluding diaryl/α,β-unsaturated/α-hetero) is 1. The van der Waals surface area contributed by atoms with Gasteiger partial charge in [0.1, 0.15) is 0 Å². The molecule has 0 amide bonds. The van der Waals surface area contributed by atoms with E-state index in [-0.39, 0.29) is 5.78 Å². The van der Waals surface area contributed by atoms with Crippen LogP contribution in [0.2, 0.25) is 0 Å². The van der Waals surface area contributed by atoms with Gasteiger partial charge in [-0.2, -0.15) is 11.3 Å². The Morgan fingerprint density at radius 2 is 2.60 bits per heavy atom. The summed E-state index contributed by atoms with van der Waals surface area (Å²) in [6.07, 6.45) is 5.27. The standard InChI is InChI=1S/C8H6OS/c1-2-8(9)5-7-3-4-10-6-7/h1,3-4,6H,5H2. The van der Waals surface area contributed by atoms with E-state index in [9.17, 15) is 4.79 Å². The van der Waals surface area contributed by atoms with Crippen molar-refractivity contribution in [3.63, 3.8) is 0 Å². The van der Waals surface area contributed by atoms with E-state index in [1.165, 1.54) is 0 Å². The number of terminal acetylenes is 1. The van der Waals surface area contributed by atoms with E-state index in [0.717, 1.165) is 5.56 Å². The molecule has 1 aromatic heterocycles. The Morgan fingerprint density at radius 3 is 3.10 bits per heavy atom. The van der Waals surface area contributed by atoms with Crippen molar-refractivity contribution >= 4 is 17.1 Å². The van der Waals surface area contributed by atoms with Crippen molar-refractivity contribution in [1.82, 2.24) is 0 Å². The summed E-state index contributed by atoms with van der Waals surface area (Å²) in [7, 11) is 0. The number of hydrogen-bond acceptors (Lipinski definition) is 2. The molecule has 0 radical (unpaired) electrons. The molecule has 0 aliphatic rings. The molecule has 0 aliphatic carbocycles. The molecule has 0 unspecified atom stereocenters. The molecular weight excluding hydrogens is 144 g/mol. The highest BCUT2D eigenvalue weighted by atomic mass is 32.1. The summed E-state index contributed by atoms with van der Waals surface area (Å²) in [4.78, 5) is 10.6. The first-order chi connectivity index (χ1) is 4.83. The lowest BCUT2D eigenvalue weighted by Crippen LogP contribution is -1.96. The average molecular weight is 150 g/mol. The molecule has 0 atom stereocenters. The van der Waals surface area contributed by atoms with Crippen LogP contribution in [0.15, 0.2) is 16.8 Å². The number of hydrogen-bond donors (Lipinski definition) is 0. The minimum absolute atomic E-state index is 0.154. The topological polar surface area (TPSA) is 17.1 Å². The molecule has 0 bridgehead atoms. The van der Waals surface area contributed by atoms with E-state index < -0.39 is 0 Å². The minimum Gasteiger partial charge on any atom is -0.285 e. The van der Waals surface area contributed by atoms with Crippen molar-refractivity contribution < 1.29 is 4.79 Å². The first kappa shape index (κ1) is 7.04. The zero-order valence-electron chi connectivity index (χ0n) is 5.33. The average Bonchev–Trinajstić information content (AvgIpc) is 2.40. The lowest BCUT2D eigenvalue weighted by molar-refractivity contribution is -0.113. The third kappa shape index (κ3) is 1.71. The van der Waals surface area contributed by atoms with Gasteiger partial charge in [-0.3, -0.25) is 4.79 Å². The molecule has 1 rings (SSSR count). The lowest BCUT2D eigenvalue weighted by Gasteiger charge is -1.86. The maximum atomic E-state index is 10.6. The van der Waals surface area contributed by atoms with Crippen molar-refractivity contribution in [3.05, 3.63) is 22.4 Å². The van der Waals surface area contributed by atoms with Gasteiger partial charge in [0, 0.05) is 6.42 Å². The molecule has 0 saturated carbocycles. The van der Waals surface area contributed by atoms with Gasteiger partial charge in [0.05, 0.1) is 0 Å². The summed E-state index contributed by atoms with van der Waals surface area (Å²) in [6.45, 7) is 0. The van der Waals surface area contributed by atoms with Crippen molar-refractivity contribution in [3.8, 4) is 12.3 Å². The highest BCUT2D eigenvalue weighted by molar-refractivity contribution is 7.08. The van der Waals surface area contributed by atoms with Crippen LogP contribution in [0.1, 0.15) is 5.56 Å². The lowest BCUT2D eigenvalue weighted by atomic mass is 10.2. The molecule has 0 spiro atoms. The highest BCUT2D eigenvalue weighted by Gasteiger charge is 1.98. The van der Waals surface area contributed by atoms with Crippen LogP contribution in [0.3, 0.4) is 0 Å². The minimum atomic E-state index is -0.154. The predicted molar refractivity (Wildman–Crippen MR) is 41.9 cm³/mol. The molecule has 1 nitrogen and oxygen atoms in total. The Bertz CT molecular complexity index is 253. The molecule has 2 heteroatoms. The quantitative estimate of drug-likeness (QED) is 0.461. The van der Waals surface area contributed by atoms with Gasteiger partial charge >= 0.3 is 0 Å². The van der Waals surface area contributed by atoms with Crippen LogP contribution in [0.5, 0.6) is 0 Å². The molecule has 50 valence electrons. The summed E-state index contributed by atoms with van der Waals surface area (Å²) in [5.74, 6) is 1.91. The molecule has 0 fully saturated rings. The zero-order chi connectivity index (χ0) is 7.40. The zero-order valence-corrected chi connectivity index (χ0v) is 6.15. The second-order valence-electron chi connectivity index (χ2n) is 1.88. The Morgan fingerprint density at radius 1 is 1.80 bits per heavy atom. The second kappa shape index (κ2) is 3.19. The maximum Gasteiger partial charge on any atom is 0.209 e. The largest absolute Gasteiger partial charge is 0.285 e. The SMILES string of the molecule is C#CC(=O)Cc1ccsc1. The number of ketones is 1. The van der Waals surface area contributed by atoms with Crippen LogP contribution in [-0.4, -0.2) is 5.78 Å². The van der Waals surface area contributed by atoms with Crippen LogP contribution in [-0.2, 0) is 11.2 Å². The fraction of sp³-hybridized carbons (Fsp3) is 0.125. The molecule has 0 aromatic carbocycles. The van der Waals surface area contributed by atoms with Gasteiger partial charge < -0.3 is 0 Å². The van der Waals surface area contributed by atoms with Crippen molar-refractivity contribution in [2.24, 2.45) is 0 Å². The third-order valence-corrected chi connectivity index (χ3v) is 1.84. The fourth-order valence-electron chi connectivity index (χ4n) is 0.630. The summed E-state index contributed by atoms with van der Waals surface area (Å²) < 4.78 is 0. The molecule has 0 N–H and O–H groups in total. The molecular formula is C8H6OS. The van der Waals surface area contributed by atoms with E-state index >= 15 is 0 Å². The Kier molecular flexibility index (Phi) is 2.24. The van der Waals surface area contributed by atoms with Gasteiger partial charge in [-0.05, 0) is 28.3 Å². The maximum absolute atomic E-state index is 10.6. The summed E-state index contributed by atoms with van der Waals surface area (Å²) >= 11 is 1.57. The fourth-order valence-corrected chi connectivity index (χ4v) is 1.30. The van der Waals surface area contributed by atoms with Crippen LogP contribution in [0.25, 0.3) is 0 Å². The van der Waals surface area contributed by atoms with Gasteiger partial charge in [0.25, 0.3) is 0 Å². The number of carbonyl (C=O) groups is 1. The highest BCUT2D eigenvalue weighted by Crippen LogP contribution is 2.06. The van der Waals surface area contributed by atoms with Crippen LogP contribution in [0, 0.1) is 12.3 Å². The molecule has 0 saturated heterocycles. The molecule has 1 aromatic rings. The van der Waals surface area contributed by atoms with Crippen molar-refractivity contribution in [2.45, 2.75) is 6.42 Å². The second-order valence-corrected chi connectivity index (χ2v) is 2.66. The normalized spacial score (nSPS) is 8.70. The van der Waals surface area contributed by atoms with E-state index in [1.54, 1.807) is 11.3 Å². The Hall–Kier alpha value is -1.07. The summed E-state index contributed by atoms with van der Waals surface area (Å²) in [5, 5.41) is 3.86. The van der Waals surface area contributed by atoms with Gasteiger partial charge in [0.15, 0.2) is 0 Å². The van der Waals surface area contributed by atoms with E-state index in [1.807, 2.05) is 16.8 Å². The van der Waals surface area contributed by atoms with Crippen molar-refractivity contribution in [1.29, 1.82) is 0 Å². The van der Waals surface area contributed by atoms with Gasteiger partial charge in [-0.25, -0.2) is 0 Å². The molecule has 0 aliphatic heterocycles. The third-order valence-electron chi connectivity index (χ3n) is 1.11. The number of rotatable bonds is 2. The van der Waals surface area contributed by atoms with Crippen LogP contribution < -0.4 is 0 Å². The summed E-state index contributed by atoms with van der Waals surface area (Å²) in [6, 6.07) is 1.90. The van der Waals surface area contributed by atoms with Gasteiger partial charge in [0.2, 0.25) is 5.78 Å². The van der Waals surface area contributed by atoms with Crippen molar-refractivity contribution in [2.75, 3.05) is 0 Å². The molecule has 10 heavy (non-hydrogen) atoms. The Balaban J connectivity index is 2.59. The van der Waals surface area contributed by atoms with E-state index in [4.69, 9.17) is 6.42 Å². The number of carbonyl (C=O) groups excluding carboxylic acids is 1.